The summed E-state index contributed by atoms with van der Waals surface area (Å²) < 4.78 is 74.4. The molecule has 1 aliphatic rings. The molecule has 166 valence electrons. The van der Waals surface area contributed by atoms with E-state index in [4.69, 9.17) is 0 Å². The highest BCUT2D eigenvalue weighted by molar-refractivity contribution is 14.0. The van der Waals surface area contributed by atoms with Crippen molar-refractivity contribution in [3.63, 3.8) is 0 Å². The van der Waals surface area contributed by atoms with Crippen LogP contribution in [0.25, 0.3) is 0 Å². The Labute approximate surface area is 183 Å². The third-order valence-electron chi connectivity index (χ3n) is 4.46. The second-order valence-electron chi connectivity index (χ2n) is 6.39. The Morgan fingerprint density at radius 2 is 1.90 bits per heavy atom. The highest BCUT2D eigenvalue weighted by Gasteiger charge is 2.50. The number of aliphatic imine (C=N–C) groups is 1. The van der Waals surface area contributed by atoms with Gasteiger partial charge >= 0.3 is 15.5 Å². The third kappa shape index (κ3) is 6.84. The Balaban J connectivity index is 0.00000420. The van der Waals surface area contributed by atoms with Crippen LogP contribution < -0.4 is 10.6 Å². The second-order valence-corrected chi connectivity index (χ2v) is 8.32. The van der Waals surface area contributed by atoms with Gasteiger partial charge in [-0.1, -0.05) is 6.07 Å². The van der Waals surface area contributed by atoms with Gasteiger partial charge in [-0.25, -0.2) is 12.8 Å². The van der Waals surface area contributed by atoms with Gasteiger partial charge in [0.05, 0.1) is 0 Å². The van der Waals surface area contributed by atoms with Gasteiger partial charge in [0.25, 0.3) is 0 Å². The molecular weight excluding hydrogens is 531 g/mol. The van der Waals surface area contributed by atoms with E-state index in [1.165, 1.54) is 19.2 Å². The van der Waals surface area contributed by atoms with Crippen LogP contribution >= 0.6 is 24.0 Å². The van der Waals surface area contributed by atoms with E-state index in [9.17, 15) is 31.1 Å². The van der Waals surface area contributed by atoms with Crippen LogP contribution in [0.15, 0.2) is 23.2 Å². The molecule has 0 unspecified atom stereocenters. The Bertz CT molecular complexity index is 813. The molecule has 2 rings (SSSR count). The van der Waals surface area contributed by atoms with E-state index in [2.05, 4.69) is 15.6 Å². The van der Waals surface area contributed by atoms with Crippen LogP contribution in [-0.2, 0) is 16.6 Å². The Hall–Kier alpha value is -1.35. The molecule has 0 atom stereocenters. The van der Waals surface area contributed by atoms with Crippen LogP contribution in [0.2, 0.25) is 0 Å². The fourth-order valence-electron chi connectivity index (χ4n) is 2.81. The van der Waals surface area contributed by atoms with Crippen molar-refractivity contribution in [1.82, 2.24) is 14.9 Å². The van der Waals surface area contributed by atoms with Gasteiger partial charge in [0, 0.05) is 33.2 Å². The zero-order chi connectivity index (χ0) is 20.9. The fourth-order valence-corrected chi connectivity index (χ4v) is 3.79. The predicted molar refractivity (Wildman–Crippen MR) is 111 cm³/mol. The zero-order valence-corrected chi connectivity index (χ0v) is 18.7. The molecule has 1 aromatic rings. The van der Waals surface area contributed by atoms with E-state index in [0.717, 1.165) is 0 Å². The summed E-state index contributed by atoms with van der Waals surface area (Å²) in [6, 6.07) is 3.98. The van der Waals surface area contributed by atoms with Crippen molar-refractivity contribution in [2.45, 2.75) is 24.9 Å². The molecule has 3 N–H and O–H groups in total. The summed E-state index contributed by atoms with van der Waals surface area (Å²) >= 11 is 0. The number of halogens is 5. The number of hydrogen-bond donors (Lipinski definition) is 3. The molecule has 0 amide bonds. The lowest BCUT2D eigenvalue weighted by atomic mass is 9.98. The normalized spacial score (nSPS) is 16.9. The molecule has 1 heterocycles. The van der Waals surface area contributed by atoms with Crippen LogP contribution in [-0.4, -0.2) is 56.0 Å². The fraction of sp³-hybridized carbons (Fsp3) is 0.562. The first-order valence-electron chi connectivity index (χ1n) is 8.53. The summed E-state index contributed by atoms with van der Waals surface area (Å²) in [5.74, 6) is -0.767. The van der Waals surface area contributed by atoms with Gasteiger partial charge in [-0.15, -0.1) is 24.0 Å². The molecule has 0 radical (unpaired) electrons. The van der Waals surface area contributed by atoms with Gasteiger partial charge in [0.15, 0.2) is 17.5 Å². The highest BCUT2D eigenvalue weighted by atomic mass is 127. The first-order valence-corrected chi connectivity index (χ1v) is 9.97. The van der Waals surface area contributed by atoms with Crippen molar-refractivity contribution in [3.05, 3.63) is 29.6 Å². The van der Waals surface area contributed by atoms with Gasteiger partial charge in [0.2, 0.25) is 0 Å². The maximum atomic E-state index is 13.3. The number of guanidine groups is 1. The highest BCUT2D eigenvalue weighted by Crippen LogP contribution is 2.30. The van der Waals surface area contributed by atoms with Crippen LogP contribution in [0.4, 0.5) is 17.6 Å². The quantitative estimate of drug-likeness (QED) is 0.225. The zero-order valence-electron chi connectivity index (χ0n) is 15.5. The maximum absolute atomic E-state index is 13.3. The van der Waals surface area contributed by atoms with Gasteiger partial charge in [0.1, 0.15) is 0 Å². The SMILES string of the molecule is CN=C(NCc1ccc(O)c(F)c1)NCC1CCN(S(=O)(=O)C(F)(F)F)CC1.I. The molecule has 29 heavy (non-hydrogen) atoms. The average molecular weight is 554 g/mol. The van der Waals surface area contributed by atoms with E-state index < -0.39 is 27.1 Å². The lowest BCUT2D eigenvalue weighted by molar-refractivity contribution is -0.0496. The first-order chi connectivity index (χ1) is 13.0. The third-order valence-corrected chi connectivity index (χ3v) is 6.09. The van der Waals surface area contributed by atoms with Crippen molar-refractivity contribution in [3.8, 4) is 5.75 Å². The molecule has 1 aromatic carbocycles. The van der Waals surface area contributed by atoms with E-state index in [1.807, 2.05) is 0 Å². The minimum Gasteiger partial charge on any atom is -0.505 e. The average Bonchev–Trinajstić information content (AvgIpc) is 2.64. The predicted octanol–water partition coefficient (Wildman–Crippen LogP) is 2.38. The number of piperidine rings is 1. The molecule has 13 heteroatoms. The molecule has 0 bridgehead atoms. The minimum absolute atomic E-state index is 0. The summed E-state index contributed by atoms with van der Waals surface area (Å²) in [5, 5.41) is 15.2. The maximum Gasteiger partial charge on any atom is 0.511 e. The summed E-state index contributed by atoms with van der Waals surface area (Å²) in [4.78, 5) is 4.01. The summed E-state index contributed by atoms with van der Waals surface area (Å²) in [7, 11) is -3.74. The van der Waals surface area contributed by atoms with Crippen LogP contribution in [0, 0.1) is 11.7 Å². The number of rotatable bonds is 5. The second kappa shape index (κ2) is 10.6. The molecule has 0 aromatic heterocycles. The number of benzene rings is 1. The Morgan fingerprint density at radius 1 is 1.28 bits per heavy atom. The van der Waals surface area contributed by atoms with Crippen molar-refractivity contribution in [2.24, 2.45) is 10.9 Å². The Kier molecular flexibility index (Phi) is 9.40. The van der Waals surface area contributed by atoms with E-state index >= 15 is 0 Å². The van der Waals surface area contributed by atoms with E-state index in [1.54, 1.807) is 6.07 Å². The number of alkyl halides is 3. The number of nitrogens with one attached hydrogen (secondary N) is 2. The molecular formula is C16H23F4IN4O3S. The minimum atomic E-state index is -5.28. The Morgan fingerprint density at radius 3 is 2.41 bits per heavy atom. The standard InChI is InChI=1S/C16H22F4N4O3S.HI/c1-21-15(23-10-12-2-3-14(25)13(17)8-12)22-9-11-4-6-24(7-5-11)28(26,27)16(18,19)20;/h2-3,8,11,25H,4-7,9-10H2,1H3,(H2,21,22,23);1H. The lowest BCUT2D eigenvalue weighted by Crippen LogP contribution is -2.47. The number of sulfonamides is 1. The molecule has 0 saturated carbocycles. The van der Waals surface area contributed by atoms with Gasteiger partial charge in [-0.2, -0.15) is 17.5 Å². The molecule has 0 spiro atoms. The molecule has 0 aliphatic carbocycles. The molecule has 1 saturated heterocycles. The largest absolute Gasteiger partial charge is 0.511 e. The van der Waals surface area contributed by atoms with Gasteiger partial charge in [-0.05, 0) is 36.5 Å². The van der Waals surface area contributed by atoms with Crippen LogP contribution in [0.5, 0.6) is 5.75 Å². The number of aromatic hydroxyl groups is 1. The van der Waals surface area contributed by atoms with Gasteiger partial charge in [-0.3, -0.25) is 4.99 Å². The number of phenolic OH excluding ortho intramolecular Hbond substituents is 1. The number of nitrogens with zero attached hydrogens (tertiary/aromatic N) is 2. The summed E-state index contributed by atoms with van der Waals surface area (Å²) in [6.07, 6.45) is 0.588. The molecule has 1 aliphatic heterocycles. The van der Waals surface area contributed by atoms with Crippen molar-refractivity contribution < 1.29 is 31.1 Å². The van der Waals surface area contributed by atoms with Crippen LogP contribution in [0.3, 0.4) is 0 Å². The van der Waals surface area contributed by atoms with Crippen molar-refractivity contribution >= 4 is 40.0 Å². The van der Waals surface area contributed by atoms with E-state index in [-0.39, 0.29) is 49.5 Å². The summed E-state index contributed by atoms with van der Waals surface area (Å²) in [5.41, 5.74) is -4.69. The smallest absolute Gasteiger partial charge is 0.505 e. The van der Waals surface area contributed by atoms with Gasteiger partial charge < -0.3 is 15.7 Å². The monoisotopic (exact) mass is 554 g/mol. The topological polar surface area (TPSA) is 94.0 Å². The van der Waals surface area contributed by atoms with Crippen molar-refractivity contribution in [1.29, 1.82) is 0 Å². The first kappa shape index (κ1) is 25.7. The number of hydrogen-bond acceptors (Lipinski definition) is 4. The van der Waals surface area contributed by atoms with E-state index in [0.29, 0.717) is 35.2 Å². The van der Waals surface area contributed by atoms with Crippen LogP contribution in [0.1, 0.15) is 18.4 Å². The molecule has 7 nitrogen and oxygen atoms in total. The molecule has 1 fully saturated rings. The lowest BCUT2D eigenvalue weighted by Gasteiger charge is -2.31. The summed E-state index contributed by atoms with van der Waals surface area (Å²) in [6.45, 7) is 0.280. The van der Waals surface area contributed by atoms with Crippen molar-refractivity contribution in [2.75, 3.05) is 26.7 Å². The number of phenols is 1.